The number of hydrogen-bond donors (Lipinski definition) is 2. The second-order valence-corrected chi connectivity index (χ2v) is 11.1. The molecule has 2 aliphatic heterocycles. The summed E-state index contributed by atoms with van der Waals surface area (Å²) in [6.07, 6.45) is 0.772. The third-order valence-electron chi connectivity index (χ3n) is 7.98. The number of hydrogen-bond acceptors (Lipinski definition) is 9. The molecule has 2 saturated heterocycles. The van der Waals surface area contributed by atoms with Crippen LogP contribution in [0.3, 0.4) is 0 Å². The van der Waals surface area contributed by atoms with Gasteiger partial charge < -0.3 is 24.8 Å². The van der Waals surface area contributed by atoms with Gasteiger partial charge >= 0.3 is 12.2 Å². The Balaban J connectivity index is 1.51. The molecule has 9 nitrogen and oxygen atoms in total. The maximum Gasteiger partial charge on any atom is 0.450 e. The molecule has 228 valence electrons. The lowest BCUT2D eigenvalue weighted by Gasteiger charge is -2.45. The second kappa shape index (κ2) is 10.9. The van der Waals surface area contributed by atoms with Crippen molar-refractivity contribution in [1.82, 2.24) is 20.3 Å². The van der Waals surface area contributed by atoms with Gasteiger partial charge in [-0.25, -0.2) is 9.37 Å². The molecule has 0 saturated carbocycles. The number of phenolic OH excluding ortho intramolecular Hbond substituents is 1. The molecule has 4 aromatic rings. The molecule has 2 N–H and O–H groups in total. The highest BCUT2D eigenvalue weighted by Crippen LogP contribution is 2.45. The molecular weight excluding hydrogens is 606 g/mol. The number of phenols is 1. The Hall–Kier alpha value is -4.41. The number of fused-ring (bicyclic) bond motifs is 4. The Morgan fingerprint density at radius 1 is 1.11 bits per heavy atom. The Bertz CT molecular complexity index is 1870. The van der Waals surface area contributed by atoms with Crippen LogP contribution in [0.15, 0.2) is 24.3 Å². The average molecular weight is 630 g/mol. The first kappa shape index (κ1) is 29.7. The average Bonchev–Trinajstić information content (AvgIpc) is 2.99. The molecule has 2 bridgehead atoms. The Morgan fingerprint density at radius 3 is 2.43 bits per heavy atom. The van der Waals surface area contributed by atoms with Crippen LogP contribution in [-0.2, 0) is 4.79 Å². The number of piperazine rings is 1. The first-order valence-electron chi connectivity index (χ1n) is 13.5. The number of aromatic hydroxyl groups is 1. The molecule has 2 aromatic heterocycles. The van der Waals surface area contributed by atoms with Gasteiger partial charge in [0.1, 0.15) is 28.3 Å². The number of rotatable bonds is 5. The summed E-state index contributed by atoms with van der Waals surface area (Å²) >= 11 is 6.96. The highest BCUT2D eigenvalue weighted by atomic mass is 35.5. The number of alkyl halides is 3. The first-order valence-corrected chi connectivity index (χ1v) is 13.8. The molecule has 4 heterocycles. The van der Waals surface area contributed by atoms with Gasteiger partial charge in [0.25, 0.3) is 0 Å². The van der Waals surface area contributed by atoms with Gasteiger partial charge in [-0.05, 0) is 36.4 Å². The van der Waals surface area contributed by atoms with Gasteiger partial charge in [-0.2, -0.15) is 23.1 Å². The van der Waals surface area contributed by atoms with Gasteiger partial charge in [0.15, 0.2) is 0 Å². The van der Waals surface area contributed by atoms with Gasteiger partial charge in [-0.1, -0.05) is 23.6 Å². The summed E-state index contributed by atoms with van der Waals surface area (Å²) in [4.78, 5) is 27.5. The molecule has 2 atom stereocenters. The molecule has 2 fully saturated rings. The van der Waals surface area contributed by atoms with Gasteiger partial charge in [0.2, 0.25) is 11.7 Å². The number of anilines is 1. The fourth-order valence-electron chi connectivity index (χ4n) is 6.23. The maximum atomic E-state index is 14.8. The zero-order valence-corrected chi connectivity index (χ0v) is 24.1. The smallest absolute Gasteiger partial charge is 0.450 e. The SMILES string of the molecule is C#Cc1c(F)ccc2cc(O)cc(-c3nc(OC)c4c(N5CC6CC(C(=O)C(F)(F)F)CC(C5)N6)nc(OC)nc4c3Cl)c12. The standard InChI is InChI=1S/C30H24ClF4N5O4/c1-4-18-20(32)6-5-13-9-17(41)10-19(21(13)18)24-23(31)25-22(28(37-24)43-2)27(39-29(38-25)44-3)40-11-15-7-14(8-16(12-40)36-15)26(42)30(33,34)35/h1,5-6,9-10,14-16,36,41H,7-8,11-12H2,2-3H3. The summed E-state index contributed by atoms with van der Waals surface area (Å²) in [5.74, 6) is -0.916. The number of ketones is 1. The van der Waals surface area contributed by atoms with E-state index in [1.165, 1.54) is 38.5 Å². The number of methoxy groups -OCH3 is 2. The molecule has 0 amide bonds. The Morgan fingerprint density at radius 2 is 1.82 bits per heavy atom. The zero-order valence-electron chi connectivity index (χ0n) is 23.3. The second-order valence-electron chi connectivity index (χ2n) is 10.7. The van der Waals surface area contributed by atoms with Crippen LogP contribution < -0.4 is 19.7 Å². The van der Waals surface area contributed by atoms with Crippen LogP contribution in [0.4, 0.5) is 23.4 Å². The van der Waals surface area contributed by atoms with E-state index < -0.39 is 35.8 Å². The Kier molecular flexibility index (Phi) is 7.37. The number of nitrogens with one attached hydrogen (secondary N) is 1. The summed E-state index contributed by atoms with van der Waals surface area (Å²) < 4.78 is 65.4. The van der Waals surface area contributed by atoms with E-state index in [2.05, 4.69) is 26.2 Å². The van der Waals surface area contributed by atoms with E-state index in [9.17, 15) is 27.5 Å². The monoisotopic (exact) mass is 629 g/mol. The number of aromatic nitrogens is 3. The number of nitrogens with zero attached hydrogens (tertiary/aromatic N) is 4. The van der Waals surface area contributed by atoms with E-state index in [-0.39, 0.29) is 70.9 Å². The predicted molar refractivity (Wildman–Crippen MR) is 155 cm³/mol. The van der Waals surface area contributed by atoms with Crippen LogP contribution in [0.2, 0.25) is 5.02 Å². The topological polar surface area (TPSA) is 110 Å². The van der Waals surface area contributed by atoms with Crippen molar-refractivity contribution in [3.05, 3.63) is 40.7 Å². The lowest BCUT2D eigenvalue weighted by Crippen LogP contribution is -2.62. The summed E-state index contributed by atoms with van der Waals surface area (Å²) in [6.45, 7) is 0.440. The number of Topliss-reactive ketones (excluding diaryl/α,β-unsaturated/α-hetero) is 1. The van der Waals surface area contributed by atoms with Crippen LogP contribution in [0.25, 0.3) is 32.9 Å². The van der Waals surface area contributed by atoms with Gasteiger partial charge in [0, 0.05) is 42.0 Å². The summed E-state index contributed by atoms with van der Waals surface area (Å²) in [5.41, 5.74) is 0.439. The maximum absolute atomic E-state index is 14.8. The molecule has 2 unspecified atom stereocenters. The van der Waals surface area contributed by atoms with Crippen LogP contribution >= 0.6 is 11.6 Å². The minimum Gasteiger partial charge on any atom is -0.508 e. The van der Waals surface area contributed by atoms with Gasteiger partial charge in [0.05, 0.1) is 30.5 Å². The molecule has 2 aromatic carbocycles. The molecule has 0 radical (unpaired) electrons. The Labute approximate surface area is 253 Å². The first-order chi connectivity index (χ1) is 20.9. The van der Waals surface area contributed by atoms with Crippen LogP contribution in [0.5, 0.6) is 17.6 Å². The molecule has 6 rings (SSSR count). The fraction of sp³-hybridized carbons (Fsp3) is 0.333. The van der Waals surface area contributed by atoms with Crippen molar-refractivity contribution in [2.45, 2.75) is 31.1 Å². The van der Waals surface area contributed by atoms with Crippen LogP contribution in [0, 0.1) is 24.1 Å². The summed E-state index contributed by atoms with van der Waals surface area (Å²) in [7, 11) is 2.74. The van der Waals surface area contributed by atoms with Crippen molar-refractivity contribution in [3.8, 4) is 41.2 Å². The number of piperidine rings is 1. The van der Waals surface area contributed by atoms with Crippen molar-refractivity contribution in [2.24, 2.45) is 5.92 Å². The number of pyridine rings is 1. The van der Waals surface area contributed by atoms with E-state index in [1.807, 2.05) is 4.90 Å². The fourth-order valence-corrected chi connectivity index (χ4v) is 6.52. The molecule has 14 heteroatoms. The van der Waals surface area contributed by atoms with Crippen molar-refractivity contribution >= 4 is 44.9 Å². The van der Waals surface area contributed by atoms with Crippen molar-refractivity contribution in [3.63, 3.8) is 0 Å². The molecule has 0 aliphatic carbocycles. The normalized spacial score (nSPS) is 20.0. The lowest BCUT2D eigenvalue weighted by molar-refractivity contribution is -0.177. The minimum atomic E-state index is -4.90. The third kappa shape index (κ3) is 4.97. The molecule has 2 aliphatic rings. The van der Waals surface area contributed by atoms with E-state index in [1.54, 1.807) is 0 Å². The van der Waals surface area contributed by atoms with Gasteiger partial charge in [-0.3, -0.25) is 4.79 Å². The summed E-state index contributed by atoms with van der Waals surface area (Å²) in [6, 6.07) is 4.54. The van der Waals surface area contributed by atoms with Crippen LogP contribution in [0.1, 0.15) is 18.4 Å². The lowest BCUT2D eigenvalue weighted by atomic mass is 9.82. The number of carbonyl (C=O) groups is 1. The third-order valence-corrected chi connectivity index (χ3v) is 8.34. The largest absolute Gasteiger partial charge is 0.508 e. The van der Waals surface area contributed by atoms with E-state index in [0.717, 1.165) is 0 Å². The number of ether oxygens (including phenoxy) is 2. The summed E-state index contributed by atoms with van der Waals surface area (Å²) in [5, 5.41) is 14.9. The van der Waals surface area contributed by atoms with Crippen molar-refractivity contribution in [2.75, 3.05) is 32.2 Å². The number of carbonyl (C=O) groups excluding carboxylic acids is 1. The van der Waals surface area contributed by atoms with Gasteiger partial charge in [-0.15, -0.1) is 6.42 Å². The zero-order chi connectivity index (χ0) is 31.5. The highest BCUT2D eigenvalue weighted by molar-refractivity contribution is 6.38. The highest BCUT2D eigenvalue weighted by Gasteiger charge is 2.47. The van der Waals surface area contributed by atoms with Crippen molar-refractivity contribution in [1.29, 1.82) is 0 Å². The molecule has 0 spiro atoms. The van der Waals surface area contributed by atoms with E-state index >= 15 is 0 Å². The molecular formula is C30H24ClF4N5O4. The van der Waals surface area contributed by atoms with Crippen molar-refractivity contribution < 1.29 is 36.9 Å². The van der Waals surface area contributed by atoms with E-state index in [4.69, 9.17) is 27.5 Å². The number of halogens is 5. The quantitative estimate of drug-likeness (QED) is 0.232. The predicted octanol–water partition coefficient (Wildman–Crippen LogP) is 5.03. The minimum absolute atomic E-state index is 0.00439. The van der Waals surface area contributed by atoms with Crippen LogP contribution in [-0.4, -0.2) is 71.4 Å². The number of terminal acetylenes is 1. The number of benzene rings is 2. The van der Waals surface area contributed by atoms with E-state index in [0.29, 0.717) is 22.0 Å². The molecule has 44 heavy (non-hydrogen) atoms.